The van der Waals surface area contributed by atoms with Gasteiger partial charge in [0.15, 0.2) is 0 Å². The normalized spacial score (nSPS) is 29.5. The third kappa shape index (κ3) is 2.80. The molecule has 0 aromatic heterocycles. The molecule has 0 N–H and O–H groups in total. The Labute approximate surface area is 182 Å². The van der Waals surface area contributed by atoms with Gasteiger partial charge in [0.1, 0.15) is 5.82 Å². The SMILES string of the molecule is CCOC(=O)c1cc2c3c(c1)[C@@H]1C=CC[C@@H]1[C@H](c1ccc(F)cc1)N3C[C@@H]1CC=C[C@H]21. The molecule has 2 heterocycles. The number of allylic oxidation sites excluding steroid dienone is 4. The van der Waals surface area contributed by atoms with Crippen LogP contribution in [0.1, 0.15) is 64.7 Å². The van der Waals surface area contributed by atoms with Crippen molar-refractivity contribution in [3.05, 3.63) is 88.8 Å². The second kappa shape index (κ2) is 7.08. The summed E-state index contributed by atoms with van der Waals surface area (Å²) in [6, 6.07) is 11.4. The maximum atomic E-state index is 13.7. The summed E-state index contributed by atoms with van der Waals surface area (Å²) >= 11 is 0. The molecule has 2 aliphatic heterocycles. The van der Waals surface area contributed by atoms with Gasteiger partial charge in [0.25, 0.3) is 0 Å². The van der Waals surface area contributed by atoms with E-state index in [2.05, 4.69) is 41.3 Å². The van der Waals surface area contributed by atoms with E-state index in [1.807, 2.05) is 19.1 Å². The van der Waals surface area contributed by atoms with Gasteiger partial charge < -0.3 is 9.64 Å². The molecule has 2 aromatic rings. The van der Waals surface area contributed by atoms with Gasteiger partial charge in [0, 0.05) is 24.1 Å². The number of fused-ring (bicyclic) bond motifs is 4. The maximum Gasteiger partial charge on any atom is 0.338 e. The second-order valence-electron chi connectivity index (χ2n) is 9.18. The van der Waals surface area contributed by atoms with Crippen LogP contribution in [0.2, 0.25) is 0 Å². The van der Waals surface area contributed by atoms with Crippen LogP contribution in [-0.2, 0) is 4.74 Å². The predicted molar refractivity (Wildman–Crippen MR) is 119 cm³/mol. The van der Waals surface area contributed by atoms with E-state index in [0.717, 1.165) is 19.4 Å². The first-order valence-electron chi connectivity index (χ1n) is 11.4. The third-order valence-electron chi connectivity index (χ3n) is 7.57. The van der Waals surface area contributed by atoms with Crippen LogP contribution in [0.3, 0.4) is 0 Å². The summed E-state index contributed by atoms with van der Waals surface area (Å²) in [5, 5.41) is 0. The Kier molecular flexibility index (Phi) is 4.31. The summed E-state index contributed by atoms with van der Waals surface area (Å²) in [6.45, 7) is 3.21. The highest BCUT2D eigenvalue weighted by Crippen LogP contribution is 2.58. The molecule has 6 rings (SSSR count). The van der Waals surface area contributed by atoms with Crippen LogP contribution in [0.15, 0.2) is 60.7 Å². The van der Waals surface area contributed by atoms with Crippen LogP contribution in [0.4, 0.5) is 10.1 Å². The van der Waals surface area contributed by atoms with Crippen molar-refractivity contribution in [3.8, 4) is 0 Å². The van der Waals surface area contributed by atoms with E-state index in [4.69, 9.17) is 4.74 Å². The predicted octanol–water partition coefficient (Wildman–Crippen LogP) is 5.90. The molecular weight excluding hydrogens is 389 g/mol. The zero-order chi connectivity index (χ0) is 21.1. The number of hydrogen-bond acceptors (Lipinski definition) is 3. The number of anilines is 1. The second-order valence-corrected chi connectivity index (χ2v) is 9.18. The number of ether oxygens (including phenoxy) is 1. The Morgan fingerprint density at radius 1 is 1.06 bits per heavy atom. The molecule has 0 saturated heterocycles. The minimum Gasteiger partial charge on any atom is -0.462 e. The molecular formula is C27H26FNO2. The molecule has 4 heteroatoms. The van der Waals surface area contributed by atoms with E-state index >= 15 is 0 Å². The number of carbonyl (C=O) groups excluding carboxylic acids is 1. The largest absolute Gasteiger partial charge is 0.462 e. The third-order valence-corrected chi connectivity index (χ3v) is 7.57. The van der Waals surface area contributed by atoms with Crippen molar-refractivity contribution < 1.29 is 13.9 Å². The summed E-state index contributed by atoms with van der Waals surface area (Å²) < 4.78 is 19.1. The molecule has 4 aliphatic rings. The fourth-order valence-corrected chi connectivity index (χ4v) is 6.35. The first-order valence-corrected chi connectivity index (χ1v) is 11.4. The zero-order valence-electron chi connectivity index (χ0n) is 17.6. The van der Waals surface area contributed by atoms with Gasteiger partial charge in [-0.05, 0) is 72.6 Å². The van der Waals surface area contributed by atoms with Crippen LogP contribution in [-0.4, -0.2) is 19.1 Å². The van der Waals surface area contributed by atoms with Crippen LogP contribution in [0.5, 0.6) is 0 Å². The number of carbonyl (C=O) groups is 1. The van der Waals surface area contributed by atoms with Crippen molar-refractivity contribution in [1.82, 2.24) is 0 Å². The fourth-order valence-electron chi connectivity index (χ4n) is 6.35. The van der Waals surface area contributed by atoms with Crippen LogP contribution < -0.4 is 4.90 Å². The monoisotopic (exact) mass is 415 g/mol. The first-order chi connectivity index (χ1) is 15.2. The summed E-state index contributed by atoms with van der Waals surface area (Å²) in [5.74, 6) is 1.06. The lowest BCUT2D eigenvalue weighted by atomic mass is 9.70. The Balaban J connectivity index is 1.56. The minimum absolute atomic E-state index is 0.195. The average Bonchev–Trinajstić information content (AvgIpc) is 3.44. The summed E-state index contributed by atoms with van der Waals surface area (Å²) in [7, 11) is 0. The standard InChI is InChI=1S/C27H26FNO2/c1-2-31-27(30)18-13-23-20-6-3-5-17(20)15-29-25(16-9-11-19(28)12-10-16)22-8-4-7-21(22)24(14-18)26(23)29/h3-4,6-7,9-14,17,20-22,25H,2,5,8,15H2,1H3/t17-,20-,21+,22-,25-/m0/s1. The van der Waals surface area contributed by atoms with Gasteiger partial charge in [0.2, 0.25) is 0 Å². The Morgan fingerprint density at radius 3 is 2.55 bits per heavy atom. The number of benzene rings is 2. The molecule has 2 aromatic carbocycles. The molecule has 5 atom stereocenters. The molecule has 0 unspecified atom stereocenters. The quantitative estimate of drug-likeness (QED) is 0.462. The number of halogens is 1. The van der Waals surface area contributed by atoms with Crippen molar-refractivity contribution in [1.29, 1.82) is 0 Å². The molecule has 0 spiro atoms. The first kappa shape index (κ1) is 18.9. The van der Waals surface area contributed by atoms with Crippen molar-refractivity contribution in [3.63, 3.8) is 0 Å². The van der Waals surface area contributed by atoms with Crippen molar-refractivity contribution in [2.24, 2.45) is 11.8 Å². The Bertz CT molecular complexity index is 1090. The molecule has 31 heavy (non-hydrogen) atoms. The van der Waals surface area contributed by atoms with Crippen molar-refractivity contribution in [2.45, 2.75) is 37.6 Å². The lowest BCUT2D eigenvalue weighted by Gasteiger charge is -2.51. The number of nitrogens with zero attached hydrogens (tertiary/aromatic N) is 1. The lowest BCUT2D eigenvalue weighted by molar-refractivity contribution is 0.0526. The number of esters is 1. The zero-order valence-corrected chi connectivity index (χ0v) is 17.6. The van der Waals surface area contributed by atoms with E-state index < -0.39 is 0 Å². The molecule has 0 amide bonds. The molecule has 0 bridgehead atoms. The minimum atomic E-state index is -0.239. The highest BCUT2D eigenvalue weighted by molar-refractivity contribution is 5.92. The topological polar surface area (TPSA) is 29.5 Å². The van der Waals surface area contributed by atoms with Gasteiger partial charge in [-0.3, -0.25) is 0 Å². The molecule has 0 fully saturated rings. The lowest BCUT2D eigenvalue weighted by Crippen LogP contribution is -2.46. The van der Waals surface area contributed by atoms with Crippen LogP contribution >= 0.6 is 0 Å². The summed E-state index contributed by atoms with van der Waals surface area (Å²) in [6.07, 6.45) is 11.2. The number of hydrogen-bond donors (Lipinski definition) is 0. The molecule has 3 nitrogen and oxygen atoms in total. The van der Waals surface area contributed by atoms with Gasteiger partial charge in [-0.1, -0.05) is 36.4 Å². The van der Waals surface area contributed by atoms with E-state index in [-0.39, 0.29) is 23.7 Å². The van der Waals surface area contributed by atoms with Crippen molar-refractivity contribution >= 4 is 11.7 Å². The van der Waals surface area contributed by atoms with E-state index in [1.165, 1.54) is 22.4 Å². The molecule has 158 valence electrons. The summed E-state index contributed by atoms with van der Waals surface area (Å²) in [5.41, 5.74) is 5.61. The average molecular weight is 416 g/mol. The van der Waals surface area contributed by atoms with E-state index in [1.54, 1.807) is 12.1 Å². The fraction of sp³-hybridized carbons (Fsp3) is 0.370. The smallest absolute Gasteiger partial charge is 0.338 e. The highest BCUT2D eigenvalue weighted by Gasteiger charge is 2.48. The Morgan fingerprint density at radius 2 is 1.77 bits per heavy atom. The Hall–Kier alpha value is -2.88. The van der Waals surface area contributed by atoms with E-state index in [0.29, 0.717) is 29.9 Å². The van der Waals surface area contributed by atoms with Gasteiger partial charge in [0.05, 0.1) is 18.2 Å². The molecule has 0 saturated carbocycles. The number of rotatable bonds is 3. The van der Waals surface area contributed by atoms with Gasteiger partial charge in [-0.2, -0.15) is 0 Å². The molecule has 0 radical (unpaired) electrons. The van der Waals surface area contributed by atoms with E-state index in [9.17, 15) is 9.18 Å². The van der Waals surface area contributed by atoms with Crippen LogP contribution in [0.25, 0.3) is 0 Å². The van der Waals surface area contributed by atoms with Gasteiger partial charge in [-0.15, -0.1) is 0 Å². The summed E-state index contributed by atoms with van der Waals surface area (Å²) in [4.78, 5) is 15.3. The van der Waals surface area contributed by atoms with Crippen molar-refractivity contribution in [2.75, 3.05) is 18.1 Å². The van der Waals surface area contributed by atoms with Gasteiger partial charge >= 0.3 is 5.97 Å². The molecule has 2 aliphatic carbocycles. The highest BCUT2D eigenvalue weighted by atomic mass is 19.1. The van der Waals surface area contributed by atoms with Gasteiger partial charge in [-0.25, -0.2) is 9.18 Å². The van der Waals surface area contributed by atoms with Crippen LogP contribution in [0, 0.1) is 17.7 Å². The maximum absolute atomic E-state index is 13.7.